The van der Waals surface area contributed by atoms with Crippen molar-refractivity contribution in [2.24, 2.45) is 28.4 Å². The van der Waals surface area contributed by atoms with Crippen molar-refractivity contribution >= 4 is 29.2 Å². The number of hydrogen-bond donors (Lipinski definition) is 5. The smallest absolute Gasteiger partial charge is 0.323 e. The fourth-order valence-corrected chi connectivity index (χ4v) is 10.2. The second-order valence-electron chi connectivity index (χ2n) is 15.7. The first-order valence-corrected chi connectivity index (χ1v) is 18.0. The maximum Gasteiger partial charge on any atom is 0.323 e. The molecule has 0 aromatic heterocycles. The second kappa shape index (κ2) is 13.2. The summed E-state index contributed by atoms with van der Waals surface area (Å²) < 4.78 is 36.4. The van der Waals surface area contributed by atoms with Gasteiger partial charge in [0.25, 0.3) is 0 Å². The molecule has 10 atom stereocenters. The highest BCUT2D eigenvalue weighted by molar-refractivity contribution is 6.01. The quantitative estimate of drug-likeness (QED) is 0.176. The first kappa shape index (κ1) is 37.1. The summed E-state index contributed by atoms with van der Waals surface area (Å²) in [7, 11) is 0. The van der Waals surface area contributed by atoms with Crippen LogP contribution in [0.5, 0.6) is 0 Å². The Morgan fingerprint density at radius 3 is 2.49 bits per heavy atom. The number of ketones is 2. The highest BCUT2D eigenvalue weighted by Gasteiger charge is 2.79. The van der Waals surface area contributed by atoms with E-state index in [1.807, 2.05) is 36.4 Å². The van der Waals surface area contributed by atoms with Gasteiger partial charge in [-0.25, -0.2) is 4.39 Å². The number of anilines is 1. The van der Waals surface area contributed by atoms with Crippen LogP contribution in [0.25, 0.3) is 0 Å². The number of hydrogen-bond acceptors (Lipinski definition) is 11. The number of ether oxygens (including phenoxy) is 3. The predicted octanol–water partition coefficient (Wildman–Crippen LogP) is 3.40. The molecule has 12 nitrogen and oxygen atoms in total. The van der Waals surface area contributed by atoms with E-state index < -0.39 is 89.2 Å². The Bertz CT molecular complexity index is 1910. The summed E-state index contributed by atoms with van der Waals surface area (Å²) in [6.07, 6.45) is 1.53. The fraction of sp³-hybridized carbons (Fsp3) is 0.500. The van der Waals surface area contributed by atoms with Crippen molar-refractivity contribution in [1.82, 2.24) is 0 Å². The molecule has 4 fully saturated rings. The van der Waals surface area contributed by atoms with Crippen molar-refractivity contribution in [3.63, 3.8) is 0 Å². The fourth-order valence-electron chi connectivity index (χ4n) is 10.2. The Morgan fingerprint density at radius 1 is 1.09 bits per heavy atom. The van der Waals surface area contributed by atoms with Crippen molar-refractivity contribution in [3.8, 4) is 0 Å². The molecule has 13 heteroatoms. The number of rotatable bonds is 10. The van der Waals surface area contributed by atoms with Crippen LogP contribution in [0.3, 0.4) is 0 Å². The van der Waals surface area contributed by atoms with E-state index in [0.717, 1.165) is 11.1 Å². The molecular weight excluding hydrogens is 687 g/mol. The number of aliphatic hydroxyl groups is 2. The van der Waals surface area contributed by atoms with Gasteiger partial charge in [0.15, 0.2) is 29.9 Å². The molecule has 7 rings (SSSR count). The highest BCUT2D eigenvalue weighted by atomic mass is 19.1. The van der Waals surface area contributed by atoms with E-state index in [2.05, 4.69) is 0 Å². The molecule has 7 N–H and O–H groups in total. The van der Waals surface area contributed by atoms with E-state index in [1.54, 1.807) is 26.0 Å². The summed E-state index contributed by atoms with van der Waals surface area (Å²) in [4.78, 5) is 50.6. The van der Waals surface area contributed by atoms with Crippen LogP contribution in [0.15, 0.2) is 66.3 Å². The first-order valence-electron chi connectivity index (χ1n) is 18.0. The zero-order valence-corrected chi connectivity index (χ0v) is 29.6. The predicted molar refractivity (Wildman–Crippen MR) is 187 cm³/mol. The molecule has 0 radical (unpaired) electrons. The molecule has 282 valence electrons. The van der Waals surface area contributed by atoms with Gasteiger partial charge in [0.2, 0.25) is 5.78 Å². The lowest BCUT2D eigenvalue weighted by atomic mass is 9.44. The Balaban J connectivity index is 1.19. The van der Waals surface area contributed by atoms with Gasteiger partial charge in [-0.3, -0.25) is 19.2 Å². The Kier molecular flexibility index (Phi) is 9.26. The number of esters is 1. The minimum atomic E-state index is -2.16. The molecular formula is C40H45FN2O10. The van der Waals surface area contributed by atoms with Gasteiger partial charge in [-0.2, -0.15) is 0 Å². The Morgan fingerprint density at radius 2 is 1.81 bits per heavy atom. The second-order valence-corrected chi connectivity index (χ2v) is 15.7. The zero-order valence-electron chi connectivity index (χ0n) is 29.6. The Labute approximate surface area is 306 Å². The van der Waals surface area contributed by atoms with Gasteiger partial charge in [-0.15, -0.1) is 0 Å². The van der Waals surface area contributed by atoms with Crippen LogP contribution in [-0.4, -0.2) is 75.0 Å². The van der Waals surface area contributed by atoms with E-state index >= 15 is 4.39 Å². The van der Waals surface area contributed by atoms with E-state index in [1.165, 1.54) is 12.2 Å². The van der Waals surface area contributed by atoms with Crippen molar-refractivity contribution < 1.29 is 53.1 Å². The molecule has 0 amide bonds. The lowest BCUT2D eigenvalue weighted by Crippen LogP contribution is -2.69. The normalized spacial score (nSPS) is 36.1. The number of carbonyl (C=O) groups excluding carboxylic acids is 3. The minimum Gasteiger partial charge on any atom is -0.481 e. The average molecular weight is 733 g/mol. The molecule has 5 aliphatic rings. The van der Waals surface area contributed by atoms with Gasteiger partial charge >= 0.3 is 11.9 Å². The molecule has 1 heterocycles. The van der Waals surface area contributed by atoms with Gasteiger partial charge in [0.1, 0.15) is 6.04 Å². The summed E-state index contributed by atoms with van der Waals surface area (Å²) >= 11 is 0. The topological polar surface area (TPSA) is 209 Å². The third-order valence-corrected chi connectivity index (χ3v) is 12.9. The van der Waals surface area contributed by atoms with Crippen molar-refractivity contribution in [2.75, 3.05) is 12.3 Å². The van der Waals surface area contributed by atoms with Crippen LogP contribution in [0.4, 0.5) is 10.1 Å². The van der Waals surface area contributed by atoms with E-state index in [-0.39, 0.29) is 25.2 Å². The molecule has 0 spiro atoms. The molecule has 0 bridgehead atoms. The number of halogens is 1. The number of aliphatic hydroxyl groups excluding tert-OH is 2. The minimum absolute atomic E-state index is 0.154. The summed E-state index contributed by atoms with van der Waals surface area (Å²) in [6, 6.07) is 11.4. The summed E-state index contributed by atoms with van der Waals surface area (Å²) in [5, 5.41) is 30.4. The third kappa shape index (κ3) is 5.67. The lowest BCUT2D eigenvalue weighted by molar-refractivity contribution is -0.231. The van der Waals surface area contributed by atoms with Gasteiger partial charge in [-0.1, -0.05) is 55.0 Å². The van der Waals surface area contributed by atoms with Gasteiger partial charge < -0.3 is 41.0 Å². The average Bonchev–Trinajstić information content (AvgIpc) is 3.61. The third-order valence-electron chi connectivity index (χ3n) is 12.9. The van der Waals surface area contributed by atoms with Crippen LogP contribution in [0.1, 0.15) is 74.5 Å². The number of Topliss-reactive ketones (excluding diaryl/α,β-unsaturated/α-hetero) is 1. The molecule has 3 saturated carbocycles. The van der Waals surface area contributed by atoms with Crippen molar-refractivity contribution in [1.29, 1.82) is 0 Å². The first-order chi connectivity index (χ1) is 25.1. The Hall–Kier alpha value is -4.27. The molecule has 0 unspecified atom stereocenters. The van der Waals surface area contributed by atoms with Crippen molar-refractivity contribution in [3.05, 3.63) is 88.5 Å². The lowest BCUT2D eigenvalue weighted by Gasteiger charge is -2.62. The SMILES string of the molecule is C[C@]12C=CC(=O)C=C1CC[C@H]1[C@@H]3C[C@H]4O[C@@H](c5ccc(Cc6ccc(CO)c(N)c6)cc5)O[C@@]4(C(=O)COC(=O)[C@@H](N)CC(=O)O)[C@@]3(C)C[C@H](O)[C@@]12F. The van der Waals surface area contributed by atoms with Gasteiger partial charge in [0.05, 0.1) is 25.2 Å². The number of fused-ring (bicyclic) bond motifs is 7. The van der Waals surface area contributed by atoms with E-state index in [4.69, 9.17) is 30.8 Å². The molecule has 1 saturated heterocycles. The molecule has 1 aliphatic heterocycles. The van der Waals surface area contributed by atoms with Crippen LogP contribution >= 0.6 is 0 Å². The monoisotopic (exact) mass is 732 g/mol. The maximum atomic E-state index is 17.8. The number of allylic oxidation sites excluding steroid dienone is 4. The number of benzene rings is 2. The number of alkyl halides is 1. The summed E-state index contributed by atoms with van der Waals surface area (Å²) in [6.45, 7) is 2.56. The number of nitrogen functional groups attached to an aromatic ring is 1. The number of carbonyl (C=O) groups is 4. The molecule has 4 aliphatic carbocycles. The molecule has 2 aromatic carbocycles. The van der Waals surface area contributed by atoms with Crippen LogP contribution < -0.4 is 11.5 Å². The molecule has 53 heavy (non-hydrogen) atoms. The maximum absolute atomic E-state index is 17.8. The highest BCUT2D eigenvalue weighted by Crippen LogP contribution is 2.72. The largest absolute Gasteiger partial charge is 0.481 e. The van der Waals surface area contributed by atoms with E-state index in [9.17, 15) is 29.4 Å². The number of carboxylic acid groups (broad SMARTS) is 1. The van der Waals surface area contributed by atoms with E-state index in [0.29, 0.717) is 41.6 Å². The number of carboxylic acids is 1. The summed E-state index contributed by atoms with van der Waals surface area (Å²) in [5.41, 5.74) is 9.70. The van der Waals surface area contributed by atoms with Crippen LogP contribution in [-0.2, 0) is 46.4 Å². The van der Waals surface area contributed by atoms with Crippen LogP contribution in [0, 0.1) is 22.7 Å². The van der Waals surface area contributed by atoms with Crippen molar-refractivity contribution in [2.45, 2.75) is 94.8 Å². The summed E-state index contributed by atoms with van der Waals surface area (Å²) in [5.74, 6) is -4.50. The number of aliphatic carboxylic acids is 1. The molecule has 2 aromatic rings. The van der Waals surface area contributed by atoms with Gasteiger partial charge in [0, 0.05) is 33.6 Å². The number of nitrogens with two attached hydrogens (primary N) is 2. The van der Waals surface area contributed by atoms with Gasteiger partial charge in [-0.05, 0) is 74.3 Å². The zero-order chi connectivity index (χ0) is 38.1. The standard InChI is InChI=1S/C40H45FN2O10/c1-37-12-11-26(45)15-25(37)9-10-27-28-16-33-40(38(28,2)18-31(46)39(27,37)41,32(47)20-51-35(50)30(43)17-34(48)49)53-36(52-33)23-6-3-21(4-7-23)13-22-5-8-24(19-44)29(42)14-22/h3-8,11-12,14-15,27-28,30-31,33,36,44,46H,9-10,13,16-20,42-43H2,1-2H3,(H,48,49)/t27-,28-,30-,31-,33+,36+,37-,38-,39-,40+/m0/s1. The van der Waals surface area contributed by atoms with Crippen LogP contribution in [0.2, 0.25) is 0 Å².